The van der Waals surface area contributed by atoms with Gasteiger partial charge in [-0.1, -0.05) is 262 Å². The molecule has 0 aliphatic carbocycles. The highest BCUT2D eigenvalue weighted by atomic mass is 16.7. The highest BCUT2D eigenvalue weighted by molar-refractivity contribution is 5.80. The van der Waals surface area contributed by atoms with Gasteiger partial charge in [-0.2, -0.15) is 0 Å². The number of unbranched alkanes of at least 4 members (excludes halogenated alkanes) is 38. The number of nitrogens with one attached hydrogen (secondary N) is 1. The van der Waals surface area contributed by atoms with Gasteiger partial charge < -0.3 is 50.5 Å². The van der Waals surface area contributed by atoms with E-state index < -0.39 is 74.2 Å². The second-order valence-corrected chi connectivity index (χ2v) is 22.8. The van der Waals surface area contributed by atoms with Gasteiger partial charge in [0, 0.05) is 0 Å². The first-order valence-corrected chi connectivity index (χ1v) is 32.4. The largest absolute Gasteiger partial charge is 0.394 e. The van der Waals surface area contributed by atoms with Crippen LogP contribution < -0.4 is 5.32 Å². The van der Waals surface area contributed by atoms with E-state index in [1.54, 1.807) is 0 Å². The van der Waals surface area contributed by atoms with Crippen molar-refractivity contribution in [3.8, 4) is 0 Å². The lowest BCUT2D eigenvalue weighted by Crippen LogP contribution is -2.60. The van der Waals surface area contributed by atoms with Crippen molar-refractivity contribution >= 4 is 5.91 Å². The van der Waals surface area contributed by atoms with Crippen molar-refractivity contribution in [2.45, 2.75) is 358 Å². The highest BCUT2D eigenvalue weighted by Crippen LogP contribution is 2.23. The van der Waals surface area contributed by atoms with Crippen LogP contribution in [0.5, 0.6) is 0 Å². The molecular formula is C65H123NO10. The second kappa shape index (κ2) is 53.9. The molecule has 11 heteroatoms. The molecule has 1 heterocycles. The number of aliphatic hydroxyl groups is 7. The van der Waals surface area contributed by atoms with Gasteiger partial charge in [-0.3, -0.25) is 4.79 Å². The minimum absolute atomic E-state index is 0.247. The zero-order valence-corrected chi connectivity index (χ0v) is 49.2. The number of ether oxygens (including phenoxy) is 2. The number of carbonyl (C=O) groups excluding carboxylic acids is 1. The van der Waals surface area contributed by atoms with Crippen LogP contribution in [0.15, 0.2) is 36.5 Å². The number of hydrogen-bond donors (Lipinski definition) is 8. The van der Waals surface area contributed by atoms with Crippen molar-refractivity contribution in [3.63, 3.8) is 0 Å². The van der Waals surface area contributed by atoms with Crippen LogP contribution in [0.25, 0.3) is 0 Å². The van der Waals surface area contributed by atoms with E-state index in [9.17, 15) is 40.5 Å². The molecule has 8 N–H and O–H groups in total. The quantitative estimate of drug-likeness (QED) is 0.0215. The lowest BCUT2D eigenvalue weighted by atomic mass is 9.98. The number of hydrogen-bond acceptors (Lipinski definition) is 10. The Balaban J connectivity index is 2.24. The van der Waals surface area contributed by atoms with E-state index in [1.807, 2.05) is 0 Å². The predicted molar refractivity (Wildman–Crippen MR) is 316 cm³/mol. The standard InChI is InChI=1S/C65H123NO10/c1-3-5-7-9-11-13-15-17-19-21-23-24-25-26-27-28-29-30-31-32-33-35-37-39-41-43-45-47-49-51-53-58(69)64(74)66-56(55-75-65-63(73)62(72)61(71)59(54-67)76-65)60(70)57(68)52-50-48-46-44-42-40-38-36-34-22-20-18-16-14-12-10-8-6-4-2/h26-27,36,38,44,46,56-63,65,67-73H,3-25,28-35,37,39-43,45,47-55H2,1-2H3,(H,66,74)/b27-26-,38-36+,46-44+. The maximum atomic E-state index is 13.2. The fraction of sp³-hybridized carbons (Fsp3) is 0.892. The fourth-order valence-electron chi connectivity index (χ4n) is 10.4. The smallest absolute Gasteiger partial charge is 0.249 e. The van der Waals surface area contributed by atoms with Crippen molar-refractivity contribution < 1.29 is 50.0 Å². The fourth-order valence-corrected chi connectivity index (χ4v) is 10.4. The summed E-state index contributed by atoms with van der Waals surface area (Å²) in [5.41, 5.74) is 0. The molecule has 0 aromatic carbocycles. The van der Waals surface area contributed by atoms with E-state index in [-0.39, 0.29) is 12.8 Å². The third-order valence-corrected chi connectivity index (χ3v) is 15.6. The van der Waals surface area contributed by atoms with Crippen molar-refractivity contribution in [2.24, 2.45) is 0 Å². The average molecular weight is 1080 g/mol. The molecule has 1 aliphatic rings. The molecule has 11 nitrogen and oxygen atoms in total. The van der Waals surface area contributed by atoms with Gasteiger partial charge in [-0.25, -0.2) is 0 Å². The van der Waals surface area contributed by atoms with Gasteiger partial charge in [-0.15, -0.1) is 0 Å². The van der Waals surface area contributed by atoms with Crippen LogP contribution in [0.3, 0.4) is 0 Å². The number of amides is 1. The maximum absolute atomic E-state index is 13.2. The van der Waals surface area contributed by atoms with Crippen LogP contribution >= 0.6 is 0 Å². The molecule has 1 amide bonds. The number of aliphatic hydroxyl groups excluding tert-OH is 7. The molecular weight excluding hydrogens is 955 g/mol. The Kier molecular flexibility index (Phi) is 51.3. The van der Waals surface area contributed by atoms with Crippen LogP contribution in [-0.2, 0) is 14.3 Å². The maximum Gasteiger partial charge on any atom is 0.249 e. The summed E-state index contributed by atoms with van der Waals surface area (Å²) in [5.74, 6) is -0.707. The lowest BCUT2D eigenvalue weighted by Gasteiger charge is -2.40. The monoisotopic (exact) mass is 1080 g/mol. The molecule has 9 unspecified atom stereocenters. The van der Waals surface area contributed by atoms with E-state index in [1.165, 1.54) is 218 Å². The third-order valence-electron chi connectivity index (χ3n) is 15.6. The number of allylic oxidation sites excluding steroid dienone is 6. The second-order valence-electron chi connectivity index (χ2n) is 22.8. The number of carbonyl (C=O) groups is 1. The van der Waals surface area contributed by atoms with Gasteiger partial charge in [0.1, 0.15) is 36.6 Å². The van der Waals surface area contributed by atoms with Crippen molar-refractivity contribution in [1.82, 2.24) is 5.32 Å². The summed E-state index contributed by atoms with van der Waals surface area (Å²) in [4.78, 5) is 13.2. The van der Waals surface area contributed by atoms with Crippen LogP contribution in [0.1, 0.15) is 303 Å². The van der Waals surface area contributed by atoms with Gasteiger partial charge in [0.2, 0.25) is 5.91 Å². The Morgan fingerprint density at radius 2 is 0.789 bits per heavy atom. The van der Waals surface area contributed by atoms with Gasteiger partial charge in [-0.05, 0) is 77.0 Å². The molecule has 76 heavy (non-hydrogen) atoms. The Bertz CT molecular complexity index is 1330. The molecule has 0 spiro atoms. The summed E-state index contributed by atoms with van der Waals surface area (Å²) >= 11 is 0. The van der Waals surface area contributed by atoms with Crippen LogP contribution in [-0.4, -0.2) is 110 Å². The molecule has 9 atom stereocenters. The van der Waals surface area contributed by atoms with Gasteiger partial charge in [0.15, 0.2) is 6.29 Å². The molecule has 0 saturated carbocycles. The Morgan fingerprint density at radius 3 is 1.17 bits per heavy atom. The third kappa shape index (κ3) is 41.4. The highest BCUT2D eigenvalue weighted by Gasteiger charge is 2.44. The summed E-state index contributed by atoms with van der Waals surface area (Å²) in [5, 5.41) is 76.3. The van der Waals surface area contributed by atoms with Gasteiger partial charge >= 0.3 is 0 Å². The first kappa shape index (κ1) is 72.3. The molecule has 1 rings (SSSR count). The van der Waals surface area contributed by atoms with E-state index in [0.29, 0.717) is 19.3 Å². The summed E-state index contributed by atoms with van der Waals surface area (Å²) in [6.07, 6.45) is 56.5. The molecule has 0 radical (unpaired) electrons. The van der Waals surface area contributed by atoms with Crippen LogP contribution in [0, 0.1) is 0 Å². The molecule has 0 aromatic heterocycles. The molecule has 1 saturated heterocycles. The Hall–Kier alpha value is -1.67. The molecule has 448 valence electrons. The van der Waals surface area contributed by atoms with Crippen molar-refractivity contribution in [3.05, 3.63) is 36.5 Å². The zero-order chi connectivity index (χ0) is 55.4. The summed E-state index contributed by atoms with van der Waals surface area (Å²) in [6.45, 7) is 3.47. The normalized spacial score (nSPS) is 19.8. The van der Waals surface area contributed by atoms with E-state index in [2.05, 4.69) is 55.6 Å². The zero-order valence-electron chi connectivity index (χ0n) is 49.2. The molecule has 1 aliphatic heterocycles. The van der Waals surface area contributed by atoms with E-state index in [0.717, 1.165) is 38.5 Å². The molecule has 1 fully saturated rings. The van der Waals surface area contributed by atoms with Crippen molar-refractivity contribution in [2.75, 3.05) is 13.2 Å². The summed E-state index contributed by atoms with van der Waals surface area (Å²) in [7, 11) is 0. The van der Waals surface area contributed by atoms with Gasteiger partial charge in [0.25, 0.3) is 0 Å². The summed E-state index contributed by atoms with van der Waals surface area (Å²) in [6, 6.07) is -1.19. The van der Waals surface area contributed by atoms with E-state index in [4.69, 9.17) is 9.47 Å². The predicted octanol–water partition coefficient (Wildman–Crippen LogP) is 14.6. The summed E-state index contributed by atoms with van der Waals surface area (Å²) < 4.78 is 11.1. The van der Waals surface area contributed by atoms with Crippen LogP contribution in [0.4, 0.5) is 0 Å². The average Bonchev–Trinajstić information content (AvgIpc) is 3.42. The Labute approximate surface area is 467 Å². The molecule has 0 aromatic rings. The van der Waals surface area contributed by atoms with Crippen molar-refractivity contribution in [1.29, 1.82) is 0 Å². The Morgan fingerprint density at radius 1 is 0.447 bits per heavy atom. The minimum Gasteiger partial charge on any atom is -0.394 e. The first-order valence-electron chi connectivity index (χ1n) is 32.4. The van der Waals surface area contributed by atoms with Crippen LogP contribution in [0.2, 0.25) is 0 Å². The molecule has 0 bridgehead atoms. The minimum atomic E-state index is -1.67. The van der Waals surface area contributed by atoms with Gasteiger partial charge in [0.05, 0.1) is 25.4 Å². The number of rotatable bonds is 56. The van der Waals surface area contributed by atoms with E-state index >= 15 is 0 Å². The first-order chi connectivity index (χ1) is 37.2. The topological polar surface area (TPSA) is 189 Å². The SMILES string of the molecule is CCCCCCCCCCCC/C=C/CC/C=C/CCCC(O)C(O)C(COC1OC(CO)C(O)C(O)C1O)NC(=O)C(O)CCCCCCCCCCCCCCCC/C=C\CCCCCCCCCCCCCC. The lowest BCUT2D eigenvalue weighted by molar-refractivity contribution is -0.303.